The number of carboxylic acids is 1. The Labute approximate surface area is 78.3 Å². The largest absolute Gasteiger partial charge is 0.480 e. The first kappa shape index (κ1) is 11.9. The summed E-state index contributed by atoms with van der Waals surface area (Å²) in [6, 6.07) is -0.743. The van der Waals surface area contributed by atoms with E-state index in [0.717, 1.165) is 0 Å². The predicted octanol–water partition coefficient (Wildman–Crippen LogP) is 1.01. The molecule has 0 spiro atoms. The van der Waals surface area contributed by atoms with E-state index < -0.39 is 12.0 Å². The standard InChI is InChI=1S/C9H17NO3/c1-4-8(11)10-7(9(12)13)5-6(2)3/h6-7H,4-5H2,1-3H3,(H,10,11)(H,12,13). The fourth-order valence-electron chi connectivity index (χ4n) is 0.989. The Kier molecular flexibility index (Phi) is 5.11. The zero-order chi connectivity index (χ0) is 10.4. The minimum Gasteiger partial charge on any atom is -0.480 e. The van der Waals surface area contributed by atoms with Gasteiger partial charge in [0.05, 0.1) is 0 Å². The van der Waals surface area contributed by atoms with Crippen LogP contribution in [0.25, 0.3) is 0 Å². The third-order valence-corrected chi connectivity index (χ3v) is 1.66. The van der Waals surface area contributed by atoms with Gasteiger partial charge in [-0.1, -0.05) is 20.8 Å². The number of carbonyl (C=O) groups excluding carboxylic acids is 1. The third-order valence-electron chi connectivity index (χ3n) is 1.66. The van der Waals surface area contributed by atoms with E-state index in [2.05, 4.69) is 5.32 Å². The number of hydrogen-bond acceptors (Lipinski definition) is 2. The van der Waals surface area contributed by atoms with Crippen molar-refractivity contribution in [1.29, 1.82) is 0 Å². The fourth-order valence-corrected chi connectivity index (χ4v) is 0.989. The van der Waals surface area contributed by atoms with Crippen LogP contribution in [-0.4, -0.2) is 23.0 Å². The number of amides is 1. The molecule has 0 aliphatic carbocycles. The van der Waals surface area contributed by atoms with E-state index in [9.17, 15) is 9.59 Å². The van der Waals surface area contributed by atoms with Gasteiger partial charge < -0.3 is 10.4 Å². The normalized spacial score (nSPS) is 12.6. The molecule has 1 atom stereocenters. The van der Waals surface area contributed by atoms with Gasteiger partial charge >= 0.3 is 5.97 Å². The van der Waals surface area contributed by atoms with Gasteiger partial charge in [-0.3, -0.25) is 4.79 Å². The molecule has 0 aliphatic heterocycles. The molecular weight excluding hydrogens is 170 g/mol. The Balaban J connectivity index is 4.10. The van der Waals surface area contributed by atoms with Crippen LogP contribution >= 0.6 is 0 Å². The second kappa shape index (κ2) is 5.56. The van der Waals surface area contributed by atoms with Gasteiger partial charge in [0.2, 0.25) is 5.91 Å². The zero-order valence-corrected chi connectivity index (χ0v) is 8.33. The van der Waals surface area contributed by atoms with Crippen LogP contribution in [0.4, 0.5) is 0 Å². The molecule has 2 N–H and O–H groups in total. The molecule has 0 aliphatic rings. The molecular formula is C9H17NO3. The number of aliphatic carboxylic acids is 1. The first-order valence-corrected chi connectivity index (χ1v) is 4.49. The Morgan fingerprint density at radius 2 is 1.92 bits per heavy atom. The average molecular weight is 187 g/mol. The molecule has 0 bridgehead atoms. The van der Waals surface area contributed by atoms with Gasteiger partial charge in [0.25, 0.3) is 0 Å². The van der Waals surface area contributed by atoms with Crippen LogP contribution in [-0.2, 0) is 9.59 Å². The Bertz CT molecular complexity index is 189. The smallest absolute Gasteiger partial charge is 0.326 e. The van der Waals surface area contributed by atoms with Crippen molar-refractivity contribution in [2.24, 2.45) is 5.92 Å². The molecule has 0 saturated heterocycles. The summed E-state index contributed by atoms with van der Waals surface area (Å²) in [7, 11) is 0. The monoisotopic (exact) mass is 187 g/mol. The van der Waals surface area contributed by atoms with Crippen LogP contribution in [0.1, 0.15) is 33.6 Å². The highest BCUT2D eigenvalue weighted by Gasteiger charge is 2.19. The van der Waals surface area contributed by atoms with E-state index in [0.29, 0.717) is 12.8 Å². The highest BCUT2D eigenvalue weighted by Crippen LogP contribution is 2.04. The topological polar surface area (TPSA) is 66.4 Å². The minimum absolute atomic E-state index is 0.215. The van der Waals surface area contributed by atoms with Crippen molar-refractivity contribution in [2.45, 2.75) is 39.7 Å². The molecule has 1 amide bonds. The summed E-state index contributed by atoms with van der Waals surface area (Å²) in [5.74, 6) is -0.915. The van der Waals surface area contributed by atoms with Crippen LogP contribution in [0.3, 0.4) is 0 Å². The molecule has 13 heavy (non-hydrogen) atoms. The van der Waals surface area contributed by atoms with Crippen LogP contribution < -0.4 is 5.32 Å². The maximum atomic E-state index is 10.9. The lowest BCUT2D eigenvalue weighted by atomic mass is 10.0. The van der Waals surface area contributed by atoms with Gasteiger partial charge in [-0.2, -0.15) is 0 Å². The summed E-state index contributed by atoms with van der Waals surface area (Å²) < 4.78 is 0. The van der Waals surface area contributed by atoms with Crippen molar-refractivity contribution >= 4 is 11.9 Å². The van der Waals surface area contributed by atoms with Crippen molar-refractivity contribution in [2.75, 3.05) is 0 Å². The fraction of sp³-hybridized carbons (Fsp3) is 0.778. The molecule has 76 valence electrons. The zero-order valence-electron chi connectivity index (χ0n) is 8.33. The summed E-state index contributed by atoms with van der Waals surface area (Å²) in [5.41, 5.74) is 0. The molecule has 4 heteroatoms. The van der Waals surface area contributed by atoms with Crippen molar-refractivity contribution < 1.29 is 14.7 Å². The van der Waals surface area contributed by atoms with Crippen LogP contribution in [0, 0.1) is 5.92 Å². The van der Waals surface area contributed by atoms with Gasteiger partial charge in [-0.25, -0.2) is 4.79 Å². The quantitative estimate of drug-likeness (QED) is 0.675. The lowest BCUT2D eigenvalue weighted by Gasteiger charge is -2.15. The van der Waals surface area contributed by atoms with Crippen molar-refractivity contribution in [3.05, 3.63) is 0 Å². The number of rotatable bonds is 5. The van der Waals surface area contributed by atoms with Crippen LogP contribution in [0.2, 0.25) is 0 Å². The first-order valence-electron chi connectivity index (χ1n) is 4.49. The molecule has 0 fully saturated rings. The summed E-state index contributed by atoms with van der Waals surface area (Å²) >= 11 is 0. The highest BCUT2D eigenvalue weighted by molar-refractivity contribution is 5.83. The molecule has 0 rings (SSSR count). The SMILES string of the molecule is CCC(=O)NC(CC(C)C)C(=O)O. The van der Waals surface area contributed by atoms with Gasteiger partial charge in [-0.05, 0) is 12.3 Å². The third kappa shape index (κ3) is 5.22. The van der Waals surface area contributed by atoms with Crippen LogP contribution in [0.5, 0.6) is 0 Å². The number of carbonyl (C=O) groups is 2. The lowest BCUT2D eigenvalue weighted by molar-refractivity contribution is -0.142. The van der Waals surface area contributed by atoms with Crippen LogP contribution in [0.15, 0.2) is 0 Å². The van der Waals surface area contributed by atoms with Gasteiger partial charge in [0, 0.05) is 6.42 Å². The Morgan fingerprint density at radius 1 is 1.38 bits per heavy atom. The average Bonchev–Trinajstić information content (AvgIpc) is 2.02. The van der Waals surface area contributed by atoms with E-state index in [1.807, 2.05) is 13.8 Å². The second-order valence-electron chi connectivity index (χ2n) is 3.44. The van der Waals surface area contributed by atoms with E-state index in [-0.39, 0.29) is 11.8 Å². The van der Waals surface area contributed by atoms with Gasteiger partial charge in [-0.15, -0.1) is 0 Å². The summed E-state index contributed by atoms with van der Waals surface area (Å²) in [6.07, 6.45) is 0.795. The summed E-state index contributed by atoms with van der Waals surface area (Å²) in [4.78, 5) is 21.6. The Morgan fingerprint density at radius 3 is 2.23 bits per heavy atom. The summed E-state index contributed by atoms with van der Waals surface area (Å²) in [5, 5.41) is 11.2. The molecule has 0 aromatic carbocycles. The molecule has 4 nitrogen and oxygen atoms in total. The number of hydrogen-bond donors (Lipinski definition) is 2. The van der Waals surface area contributed by atoms with Crippen molar-refractivity contribution in [3.8, 4) is 0 Å². The molecule has 0 heterocycles. The number of nitrogens with one attached hydrogen (secondary N) is 1. The van der Waals surface area contributed by atoms with E-state index in [1.165, 1.54) is 0 Å². The first-order chi connectivity index (χ1) is 5.97. The van der Waals surface area contributed by atoms with Crippen molar-refractivity contribution in [1.82, 2.24) is 5.32 Å². The minimum atomic E-state index is -0.962. The maximum Gasteiger partial charge on any atom is 0.326 e. The van der Waals surface area contributed by atoms with E-state index in [4.69, 9.17) is 5.11 Å². The molecule has 0 saturated carbocycles. The lowest BCUT2D eigenvalue weighted by Crippen LogP contribution is -2.41. The highest BCUT2D eigenvalue weighted by atomic mass is 16.4. The summed E-state index contributed by atoms with van der Waals surface area (Å²) in [6.45, 7) is 5.55. The van der Waals surface area contributed by atoms with E-state index in [1.54, 1.807) is 6.92 Å². The maximum absolute atomic E-state index is 10.9. The van der Waals surface area contributed by atoms with E-state index >= 15 is 0 Å². The van der Waals surface area contributed by atoms with Gasteiger partial charge in [0.1, 0.15) is 6.04 Å². The van der Waals surface area contributed by atoms with Gasteiger partial charge in [0.15, 0.2) is 0 Å². The molecule has 0 aromatic rings. The molecule has 1 unspecified atom stereocenters. The molecule has 0 radical (unpaired) electrons. The van der Waals surface area contributed by atoms with Crippen molar-refractivity contribution in [3.63, 3.8) is 0 Å². The predicted molar refractivity (Wildman–Crippen MR) is 49.3 cm³/mol. The second-order valence-corrected chi connectivity index (χ2v) is 3.44. The molecule has 0 aromatic heterocycles. The number of carboxylic acid groups (broad SMARTS) is 1. The Hall–Kier alpha value is -1.06.